The quantitative estimate of drug-likeness (QED) is 0.736. The van der Waals surface area contributed by atoms with Crippen LogP contribution in [0.4, 0.5) is 0 Å². The zero-order valence-corrected chi connectivity index (χ0v) is 14.0. The number of rotatable bonds is 8. The molecule has 1 unspecified atom stereocenters. The van der Waals surface area contributed by atoms with Gasteiger partial charge < -0.3 is 9.88 Å². The molecule has 2 aromatic rings. The fraction of sp³-hybridized carbons (Fsp3) is 0.579. The SMILES string of the molecule is CCCC(C)Cn1ccc2cccc(CNCC(C)C)c21. The minimum Gasteiger partial charge on any atom is -0.347 e. The van der Waals surface area contributed by atoms with Crippen molar-refractivity contribution in [2.75, 3.05) is 6.54 Å². The van der Waals surface area contributed by atoms with E-state index >= 15 is 0 Å². The largest absolute Gasteiger partial charge is 0.347 e. The summed E-state index contributed by atoms with van der Waals surface area (Å²) in [5, 5.41) is 4.94. The molecule has 2 heteroatoms. The van der Waals surface area contributed by atoms with E-state index in [9.17, 15) is 0 Å². The van der Waals surface area contributed by atoms with E-state index in [0.717, 1.165) is 25.6 Å². The molecule has 2 rings (SSSR count). The Morgan fingerprint density at radius 3 is 2.67 bits per heavy atom. The van der Waals surface area contributed by atoms with Crippen LogP contribution in [0.3, 0.4) is 0 Å². The molecule has 0 aliphatic rings. The summed E-state index contributed by atoms with van der Waals surface area (Å²) in [5.41, 5.74) is 2.83. The van der Waals surface area contributed by atoms with Crippen LogP contribution >= 0.6 is 0 Å². The van der Waals surface area contributed by atoms with Gasteiger partial charge in [0.2, 0.25) is 0 Å². The van der Waals surface area contributed by atoms with Gasteiger partial charge in [0.15, 0.2) is 0 Å². The molecule has 0 aliphatic carbocycles. The molecule has 0 aliphatic heterocycles. The Morgan fingerprint density at radius 2 is 1.95 bits per heavy atom. The van der Waals surface area contributed by atoms with Crippen LogP contribution in [0.1, 0.15) is 46.1 Å². The summed E-state index contributed by atoms with van der Waals surface area (Å²) < 4.78 is 2.45. The maximum Gasteiger partial charge on any atom is 0.0525 e. The van der Waals surface area contributed by atoms with Crippen LogP contribution in [0.2, 0.25) is 0 Å². The molecule has 0 radical (unpaired) electrons. The van der Waals surface area contributed by atoms with Crippen molar-refractivity contribution in [2.45, 2.75) is 53.6 Å². The summed E-state index contributed by atoms with van der Waals surface area (Å²) in [6, 6.07) is 8.91. The first-order valence-corrected chi connectivity index (χ1v) is 8.39. The van der Waals surface area contributed by atoms with Crippen LogP contribution in [0.15, 0.2) is 30.5 Å². The van der Waals surface area contributed by atoms with Crippen molar-refractivity contribution in [3.8, 4) is 0 Å². The van der Waals surface area contributed by atoms with E-state index in [4.69, 9.17) is 0 Å². The summed E-state index contributed by atoms with van der Waals surface area (Å²) in [7, 11) is 0. The molecular formula is C19H30N2. The van der Waals surface area contributed by atoms with E-state index in [1.165, 1.54) is 29.3 Å². The number of nitrogens with zero attached hydrogens (tertiary/aromatic N) is 1. The third-order valence-electron chi connectivity index (χ3n) is 4.03. The topological polar surface area (TPSA) is 17.0 Å². The van der Waals surface area contributed by atoms with Gasteiger partial charge in [0, 0.05) is 19.3 Å². The van der Waals surface area contributed by atoms with Crippen molar-refractivity contribution < 1.29 is 0 Å². The van der Waals surface area contributed by atoms with Gasteiger partial charge in [-0.25, -0.2) is 0 Å². The molecule has 1 aromatic carbocycles. The van der Waals surface area contributed by atoms with E-state index in [-0.39, 0.29) is 0 Å². The van der Waals surface area contributed by atoms with E-state index in [0.29, 0.717) is 5.92 Å². The van der Waals surface area contributed by atoms with Gasteiger partial charge >= 0.3 is 0 Å². The minimum absolute atomic E-state index is 0.695. The van der Waals surface area contributed by atoms with Crippen LogP contribution < -0.4 is 5.32 Å². The molecule has 0 fully saturated rings. The second-order valence-electron chi connectivity index (χ2n) is 6.74. The number of nitrogens with one attached hydrogen (secondary N) is 1. The predicted octanol–water partition coefficient (Wildman–Crippen LogP) is 4.82. The maximum atomic E-state index is 3.58. The van der Waals surface area contributed by atoms with Gasteiger partial charge in [-0.1, -0.05) is 52.3 Å². The highest BCUT2D eigenvalue weighted by Gasteiger charge is 2.09. The van der Waals surface area contributed by atoms with Crippen LogP contribution in [0.25, 0.3) is 10.9 Å². The molecule has 1 aromatic heterocycles. The second-order valence-corrected chi connectivity index (χ2v) is 6.74. The first kappa shape index (κ1) is 16.1. The molecule has 1 atom stereocenters. The van der Waals surface area contributed by atoms with Crippen molar-refractivity contribution in [3.05, 3.63) is 36.0 Å². The van der Waals surface area contributed by atoms with Crippen LogP contribution in [-0.4, -0.2) is 11.1 Å². The summed E-state index contributed by atoms with van der Waals surface area (Å²) in [4.78, 5) is 0. The first-order chi connectivity index (χ1) is 10.1. The Labute approximate surface area is 129 Å². The smallest absolute Gasteiger partial charge is 0.0525 e. The van der Waals surface area contributed by atoms with E-state index in [1.54, 1.807) is 0 Å². The highest BCUT2D eigenvalue weighted by atomic mass is 15.0. The Hall–Kier alpha value is -1.28. The Bertz CT molecular complexity index is 554. The summed E-state index contributed by atoms with van der Waals surface area (Å²) in [6.07, 6.45) is 4.82. The van der Waals surface area contributed by atoms with Crippen LogP contribution in [-0.2, 0) is 13.1 Å². The Balaban J connectivity index is 2.18. The average Bonchev–Trinajstić information content (AvgIpc) is 2.83. The van der Waals surface area contributed by atoms with Crippen LogP contribution in [0.5, 0.6) is 0 Å². The van der Waals surface area contributed by atoms with Gasteiger partial charge in [-0.2, -0.15) is 0 Å². The van der Waals surface area contributed by atoms with Gasteiger partial charge in [0.1, 0.15) is 0 Å². The molecule has 0 bridgehead atoms. The fourth-order valence-corrected chi connectivity index (χ4v) is 3.05. The predicted molar refractivity (Wildman–Crippen MR) is 92.6 cm³/mol. The molecular weight excluding hydrogens is 256 g/mol. The third kappa shape index (κ3) is 4.34. The second kappa shape index (κ2) is 7.65. The third-order valence-corrected chi connectivity index (χ3v) is 4.03. The number of hydrogen-bond acceptors (Lipinski definition) is 1. The standard InChI is InChI=1S/C19H30N2/c1-5-7-16(4)14-21-11-10-17-8-6-9-18(19(17)21)13-20-12-15(2)3/h6,8-11,15-16,20H,5,7,12-14H2,1-4H3. The van der Waals surface area contributed by atoms with Crippen molar-refractivity contribution in [3.63, 3.8) is 0 Å². The van der Waals surface area contributed by atoms with Gasteiger partial charge in [-0.15, -0.1) is 0 Å². The molecule has 1 heterocycles. The highest BCUT2D eigenvalue weighted by Crippen LogP contribution is 2.22. The lowest BCUT2D eigenvalue weighted by molar-refractivity contribution is 0.452. The lowest BCUT2D eigenvalue weighted by Gasteiger charge is -2.15. The number of aromatic nitrogens is 1. The molecule has 0 saturated heterocycles. The van der Waals surface area contributed by atoms with Crippen molar-refractivity contribution in [2.24, 2.45) is 11.8 Å². The Kier molecular flexibility index (Phi) is 5.86. The molecule has 0 amide bonds. The molecule has 21 heavy (non-hydrogen) atoms. The van der Waals surface area contributed by atoms with Crippen molar-refractivity contribution in [1.29, 1.82) is 0 Å². The highest BCUT2D eigenvalue weighted by molar-refractivity contribution is 5.83. The minimum atomic E-state index is 0.695. The fourth-order valence-electron chi connectivity index (χ4n) is 3.05. The van der Waals surface area contributed by atoms with Gasteiger partial charge in [0.05, 0.1) is 5.52 Å². The first-order valence-electron chi connectivity index (χ1n) is 8.39. The molecule has 0 saturated carbocycles. The molecule has 0 spiro atoms. The number of fused-ring (bicyclic) bond motifs is 1. The summed E-state index contributed by atoms with van der Waals surface area (Å²) in [5.74, 6) is 1.43. The van der Waals surface area contributed by atoms with Crippen molar-refractivity contribution >= 4 is 10.9 Å². The number of hydrogen-bond donors (Lipinski definition) is 1. The molecule has 1 N–H and O–H groups in total. The zero-order chi connectivity index (χ0) is 15.2. The molecule has 116 valence electrons. The van der Waals surface area contributed by atoms with Crippen molar-refractivity contribution in [1.82, 2.24) is 9.88 Å². The molecule has 2 nitrogen and oxygen atoms in total. The normalized spacial score (nSPS) is 13.2. The average molecular weight is 286 g/mol. The zero-order valence-electron chi connectivity index (χ0n) is 14.0. The van der Waals surface area contributed by atoms with Gasteiger partial charge in [0.25, 0.3) is 0 Å². The van der Waals surface area contributed by atoms with Crippen LogP contribution in [0, 0.1) is 11.8 Å². The lowest BCUT2D eigenvalue weighted by Crippen LogP contribution is -2.19. The maximum absolute atomic E-state index is 3.58. The summed E-state index contributed by atoms with van der Waals surface area (Å²) in [6.45, 7) is 12.3. The van der Waals surface area contributed by atoms with Gasteiger partial charge in [-0.3, -0.25) is 0 Å². The van der Waals surface area contributed by atoms with E-state index in [1.807, 2.05) is 0 Å². The van der Waals surface area contributed by atoms with Gasteiger partial charge in [-0.05, 0) is 41.8 Å². The summed E-state index contributed by atoms with van der Waals surface area (Å²) >= 11 is 0. The van der Waals surface area contributed by atoms with E-state index < -0.39 is 0 Å². The monoisotopic (exact) mass is 286 g/mol. The number of benzene rings is 1. The lowest BCUT2D eigenvalue weighted by atomic mass is 10.1. The van der Waals surface area contributed by atoms with E-state index in [2.05, 4.69) is 68.0 Å². The Morgan fingerprint density at radius 1 is 1.14 bits per heavy atom. The number of para-hydroxylation sites is 1.